The van der Waals surface area contributed by atoms with Crippen molar-refractivity contribution in [1.82, 2.24) is 15.5 Å². The maximum Gasteiger partial charge on any atom is 0.221 e. The van der Waals surface area contributed by atoms with Crippen molar-refractivity contribution in [3.05, 3.63) is 22.4 Å². The highest BCUT2D eigenvalue weighted by molar-refractivity contribution is 7.10. The van der Waals surface area contributed by atoms with E-state index in [1.807, 2.05) is 0 Å². The predicted octanol–water partition coefficient (Wildman–Crippen LogP) is 2.02. The van der Waals surface area contributed by atoms with Crippen molar-refractivity contribution in [2.45, 2.75) is 38.3 Å². The second kappa shape index (κ2) is 8.94. The minimum absolute atomic E-state index is 0.116. The lowest BCUT2D eigenvalue weighted by Gasteiger charge is -2.36. The zero-order chi connectivity index (χ0) is 16.8. The van der Waals surface area contributed by atoms with Crippen LogP contribution in [0, 0.1) is 5.92 Å². The van der Waals surface area contributed by atoms with Crippen LogP contribution in [-0.2, 0) is 9.53 Å². The fourth-order valence-electron chi connectivity index (χ4n) is 3.49. The molecule has 0 aromatic carbocycles. The van der Waals surface area contributed by atoms with Crippen molar-refractivity contribution in [2.24, 2.45) is 5.92 Å². The van der Waals surface area contributed by atoms with Crippen LogP contribution in [0.15, 0.2) is 17.5 Å². The molecule has 2 fully saturated rings. The average molecular weight is 352 g/mol. The Morgan fingerprint density at radius 1 is 1.50 bits per heavy atom. The summed E-state index contributed by atoms with van der Waals surface area (Å²) in [7, 11) is 0. The number of carbonyl (C=O) groups excluding carboxylic acids is 1. The largest absolute Gasteiger partial charge is 0.378 e. The van der Waals surface area contributed by atoms with E-state index in [2.05, 4.69) is 40.0 Å². The number of nitrogens with zero attached hydrogens (tertiary/aromatic N) is 1. The molecule has 5 nitrogen and oxygen atoms in total. The molecule has 24 heavy (non-hydrogen) atoms. The summed E-state index contributed by atoms with van der Waals surface area (Å²) in [4.78, 5) is 16.2. The predicted molar refractivity (Wildman–Crippen MR) is 97.3 cm³/mol. The molecule has 0 radical (unpaired) electrons. The lowest BCUT2D eigenvalue weighted by atomic mass is 9.97. The van der Waals surface area contributed by atoms with Gasteiger partial charge in [-0.15, -0.1) is 11.3 Å². The highest BCUT2D eigenvalue weighted by Crippen LogP contribution is 2.29. The number of nitrogens with one attached hydrogen (secondary N) is 2. The molecular weight excluding hydrogens is 322 g/mol. The van der Waals surface area contributed by atoms with Crippen LogP contribution >= 0.6 is 11.3 Å². The highest BCUT2D eigenvalue weighted by Gasteiger charge is 2.26. The molecule has 1 aromatic heterocycles. The molecule has 0 spiro atoms. The van der Waals surface area contributed by atoms with Crippen molar-refractivity contribution < 1.29 is 9.53 Å². The lowest BCUT2D eigenvalue weighted by Crippen LogP contribution is -2.46. The average Bonchev–Trinajstić information content (AvgIpc) is 3.12. The number of ether oxygens (including phenoxy) is 1. The second-order valence-electron chi connectivity index (χ2n) is 6.98. The van der Waals surface area contributed by atoms with Crippen LogP contribution in [0.2, 0.25) is 0 Å². The number of piperidine rings is 1. The Kier molecular flexibility index (Phi) is 6.66. The zero-order valence-corrected chi connectivity index (χ0v) is 15.3. The number of hydrogen-bond donors (Lipinski definition) is 2. The monoisotopic (exact) mass is 351 g/mol. The molecule has 2 unspecified atom stereocenters. The Bertz CT molecular complexity index is 494. The van der Waals surface area contributed by atoms with Gasteiger partial charge in [0.15, 0.2) is 0 Å². The molecule has 1 aromatic rings. The minimum atomic E-state index is 0.116. The van der Waals surface area contributed by atoms with E-state index in [1.165, 1.54) is 17.7 Å². The normalized spacial score (nSPS) is 24.6. The van der Waals surface area contributed by atoms with Crippen molar-refractivity contribution in [1.29, 1.82) is 0 Å². The quantitative estimate of drug-likeness (QED) is 0.823. The number of carbonyl (C=O) groups is 1. The van der Waals surface area contributed by atoms with Gasteiger partial charge in [-0.05, 0) is 43.3 Å². The van der Waals surface area contributed by atoms with Gasteiger partial charge in [-0.3, -0.25) is 9.69 Å². The summed E-state index contributed by atoms with van der Waals surface area (Å²) in [5, 5.41) is 8.62. The zero-order valence-electron chi connectivity index (χ0n) is 14.5. The fourth-order valence-corrected chi connectivity index (χ4v) is 4.35. The van der Waals surface area contributed by atoms with E-state index in [0.717, 1.165) is 32.2 Å². The SMILES string of the molecule is CC1CCN(C(CNC(=O)CC2COCCN2)c2cccs2)CC1. The molecular formula is C18H29N3O2S. The molecule has 134 valence electrons. The van der Waals surface area contributed by atoms with Crippen molar-refractivity contribution in [2.75, 3.05) is 39.4 Å². The first-order valence-electron chi connectivity index (χ1n) is 9.07. The molecule has 6 heteroatoms. The van der Waals surface area contributed by atoms with Gasteiger partial charge in [0.05, 0.1) is 19.3 Å². The summed E-state index contributed by atoms with van der Waals surface area (Å²) in [6.45, 7) is 7.48. The molecule has 0 aliphatic carbocycles. The summed E-state index contributed by atoms with van der Waals surface area (Å²) in [5.41, 5.74) is 0. The van der Waals surface area contributed by atoms with E-state index in [-0.39, 0.29) is 11.9 Å². The molecule has 2 N–H and O–H groups in total. The molecule has 0 bridgehead atoms. The molecule has 3 heterocycles. The number of rotatable bonds is 6. The topological polar surface area (TPSA) is 53.6 Å². The Morgan fingerprint density at radius 3 is 3.00 bits per heavy atom. The van der Waals surface area contributed by atoms with Gasteiger partial charge in [0, 0.05) is 30.4 Å². The summed E-state index contributed by atoms with van der Waals surface area (Å²) >= 11 is 1.79. The Balaban J connectivity index is 1.53. The third-order valence-corrected chi connectivity index (χ3v) is 6.03. The third kappa shape index (κ3) is 5.02. The van der Waals surface area contributed by atoms with Crippen LogP contribution in [-0.4, -0.2) is 56.2 Å². The number of thiophene rings is 1. The van der Waals surface area contributed by atoms with Crippen molar-refractivity contribution in [3.8, 4) is 0 Å². The van der Waals surface area contributed by atoms with E-state index in [1.54, 1.807) is 11.3 Å². The van der Waals surface area contributed by atoms with E-state index >= 15 is 0 Å². The van der Waals surface area contributed by atoms with Crippen LogP contribution in [0.5, 0.6) is 0 Å². The molecule has 2 atom stereocenters. The van der Waals surface area contributed by atoms with Crippen LogP contribution in [0.4, 0.5) is 0 Å². The first kappa shape index (κ1) is 17.9. The molecule has 2 saturated heterocycles. The van der Waals surface area contributed by atoms with Gasteiger partial charge in [-0.2, -0.15) is 0 Å². The standard InChI is InChI=1S/C18H29N3O2S/c1-14-4-7-21(8-5-14)16(17-3-2-10-24-17)12-20-18(22)11-15-13-23-9-6-19-15/h2-3,10,14-16,19H,4-9,11-13H2,1H3,(H,20,22). The molecule has 2 aliphatic rings. The van der Waals surface area contributed by atoms with Gasteiger partial charge in [-0.25, -0.2) is 0 Å². The van der Waals surface area contributed by atoms with Gasteiger partial charge in [0.2, 0.25) is 5.91 Å². The fraction of sp³-hybridized carbons (Fsp3) is 0.722. The molecule has 3 rings (SSSR count). The van der Waals surface area contributed by atoms with Gasteiger partial charge < -0.3 is 15.4 Å². The second-order valence-corrected chi connectivity index (χ2v) is 7.96. The Labute approximate surface area is 148 Å². The van der Waals surface area contributed by atoms with Crippen molar-refractivity contribution in [3.63, 3.8) is 0 Å². The smallest absolute Gasteiger partial charge is 0.221 e. The lowest BCUT2D eigenvalue weighted by molar-refractivity contribution is -0.122. The van der Waals surface area contributed by atoms with Crippen LogP contribution in [0.1, 0.15) is 37.1 Å². The maximum absolute atomic E-state index is 12.3. The minimum Gasteiger partial charge on any atom is -0.378 e. The van der Waals surface area contributed by atoms with E-state index < -0.39 is 0 Å². The van der Waals surface area contributed by atoms with Gasteiger partial charge >= 0.3 is 0 Å². The number of hydrogen-bond acceptors (Lipinski definition) is 5. The maximum atomic E-state index is 12.3. The van der Waals surface area contributed by atoms with Crippen LogP contribution in [0.25, 0.3) is 0 Å². The van der Waals surface area contributed by atoms with Crippen molar-refractivity contribution >= 4 is 17.2 Å². The number of likely N-dealkylation sites (tertiary alicyclic amines) is 1. The van der Waals surface area contributed by atoms with Gasteiger partial charge in [0.25, 0.3) is 0 Å². The highest BCUT2D eigenvalue weighted by atomic mass is 32.1. The molecule has 2 aliphatic heterocycles. The van der Waals surface area contributed by atoms with Crippen LogP contribution in [0.3, 0.4) is 0 Å². The summed E-state index contributed by atoms with van der Waals surface area (Å²) in [6, 6.07) is 4.74. The first-order chi connectivity index (χ1) is 11.7. The van der Waals surface area contributed by atoms with E-state index in [9.17, 15) is 4.79 Å². The Hall–Kier alpha value is -0.950. The summed E-state index contributed by atoms with van der Waals surface area (Å²) in [5.74, 6) is 0.933. The third-order valence-electron chi connectivity index (χ3n) is 5.05. The molecule has 1 amide bonds. The van der Waals surface area contributed by atoms with E-state index in [4.69, 9.17) is 4.74 Å². The van der Waals surface area contributed by atoms with E-state index in [0.29, 0.717) is 25.6 Å². The summed E-state index contributed by atoms with van der Waals surface area (Å²) < 4.78 is 5.42. The van der Waals surface area contributed by atoms with Gasteiger partial charge in [-0.1, -0.05) is 13.0 Å². The van der Waals surface area contributed by atoms with Gasteiger partial charge in [0.1, 0.15) is 0 Å². The van der Waals surface area contributed by atoms with Crippen LogP contribution < -0.4 is 10.6 Å². The molecule has 0 saturated carbocycles. The Morgan fingerprint density at radius 2 is 2.33 bits per heavy atom. The first-order valence-corrected chi connectivity index (χ1v) is 9.95. The number of morpholine rings is 1. The number of amides is 1. The summed E-state index contributed by atoms with van der Waals surface area (Å²) in [6.07, 6.45) is 2.99.